The predicted octanol–water partition coefficient (Wildman–Crippen LogP) is 2.32. The summed E-state index contributed by atoms with van der Waals surface area (Å²) < 4.78 is 15.7. The van der Waals surface area contributed by atoms with E-state index in [9.17, 15) is 9.18 Å². The lowest BCUT2D eigenvalue weighted by Crippen LogP contribution is -2.45. The van der Waals surface area contributed by atoms with Crippen molar-refractivity contribution in [2.75, 3.05) is 26.2 Å². The zero-order valence-electron chi connectivity index (χ0n) is 15.6. The van der Waals surface area contributed by atoms with Crippen LogP contribution >= 0.6 is 0 Å². The number of carbonyl (C=O) groups is 1. The van der Waals surface area contributed by atoms with Crippen molar-refractivity contribution in [3.05, 3.63) is 48.3 Å². The Morgan fingerprint density at radius 1 is 1.19 bits per heavy atom. The molecule has 1 unspecified atom stereocenters. The van der Waals surface area contributed by atoms with Crippen LogP contribution in [0.15, 0.2) is 36.9 Å². The highest BCUT2D eigenvalue weighted by atomic mass is 19.1. The van der Waals surface area contributed by atoms with Gasteiger partial charge >= 0.3 is 0 Å². The van der Waals surface area contributed by atoms with E-state index < -0.39 is 0 Å². The van der Waals surface area contributed by atoms with E-state index >= 15 is 0 Å². The van der Waals surface area contributed by atoms with Crippen LogP contribution in [0.2, 0.25) is 0 Å². The number of halogens is 1. The zero-order valence-corrected chi connectivity index (χ0v) is 15.6. The Morgan fingerprint density at radius 2 is 2.07 bits per heavy atom. The van der Waals surface area contributed by atoms with Crippen molar-refractivity contribution in [3.63, 3.8) is 0 Å². The Hall–Kier alpha value is -2.28. The summed E-state index contributed by atoms with van der Waals surface area (Å²) in [5.74, 6) is 0.0575. The first kappa shape index (κ1) is 18.1. The van der Waals surface area contributed by atoms with Gasteiger partial charge in [-0.05, 0) is 31.9 Å². The van der Waals surface area contributed by atoms with Gasteiger partial charge in [-0.15, -0.1) is 0 Å². The van der Waals surface area contributed by atoms with E-state index in [0.717, 1.165) is 51.0 Å². The molecule has 6 nitrogen and oxygen atoms in total. The van der Waals surface area contributed by atoms with Gasteiger partial charge in [0.1, 0.15) is 18.5 Å². The molecule has 1 amide bonds. The van der Waals surface area contributed by atoms with E-state index in [4.69, 9.17) is 0 Å². The molecule has 2 fully saturated rings. The second-order valence-corrected chi connectivity index (χ2v) is 7.88. The Bertz CT molecular complexity index is 780. The quantitative estimate of drug-likeness (QED) is 0.809. The average Bonchev–Trinajstić information content (AvgIpc) is 3.32. The number of hydrogen-bond donors (Lipinski definition) is 0. The number of likely N-dealkylation sites (tertiary alicyclic amines) is 2. The molecule has 3 heterocycles. The van der Waals surface area contributed by atoms with Gasteiger partial charge in [0.25, 0.3) is 0 Å². The Morgan fingerprint density at radius 3 is 2.89 bits per heavy atom. The summed E-state index contributed by atoms with van der Waals surface area (Å²) in [7, 11) is 0. The molecule has 2 aliphatic rings. The third-order valence-corrected chi connectivity index (χ3v) is 5.90. The predicted molar refractivity (Wildman–Crippen MR) is 99.2 cm³/mol. The molecule has 2 aromatic rings. The van der Waals surface area contributed by atoms with Gasteiger partial charge in [0.2, 0.25) is 5.91 Å². The molecule has 0 radical (unpaired) electrons. The minimum Gasteiger partial charge on any atom is -0.342 e. The van der Waals surface area contributed by atoms with Crippen LogP contribution in [0, 0.1) is 11.2 Å². The number of piperidine rings is 1. The van der Waals surface area contributed by atoms with E-state index in [-0.39, 0.29) is 17.1 Å². The van der Waals surface area contributed by atoms with Crippen molar-refractivity contribution in [1.82, 2.24) is 24.6 Å². The number of rotatable bonds is 5. The Labute approximate surface area is 159 Å². The molecule has 7 heteroatoms. The number of aryl methyl sites for hydroxylation is 1. The normalized spacial score (nSPS) is 23.2. The zero-order chi connectivity index (χ0) is 18.7. The number of hydrogen-bond acceptors (Lipinski definition) is 4. The topological polar surface area (TPSA) is 54.3 Å². The third kappa shape index (κ3) is 4.18. The highest BCUT2D eigenvalue weighted by Crippen LogP contribution is 2.39. The second kappa shape index (κ2) is 7.76. The number of benzene rings is 1. The van der Waals surface area contributed by atoms with Crippen LogP contribution in [-0.4, -0.2) is 56.7 Å². The standard InChI is InChI=1S/C20H26FN5O/c21-18-5-2-1-4-17(18)12-24-9-3-7-20(13-24)8-11-25(14-20)19(27)6-10-26-16-22-15-23-26/h1-2,4-5,15-16H,3,6-14H2. The highest BCUT2D eigenvalue weighted by Gasteiger charge is 2.42. The van der Waals surface area contributed by atoms with Gasteiger partial charge in [-0.25, -0.2) is 9.37 Å². The van der Waals surface area contributed by atoms with Crippen LogP contribution in [0.25, 0.3) is 0 Å². The summed E-state index contributed by atoms with van der Waals surface area (Å²) >= 11 is 0. The van der Waals surface area contributed by atoms with E-state index in [0.29, 0.717) is 19.5 Å². The average molecular weight is 371 g/mol. The van der Waals surface area contributed by atoms with E-state index in [1.54, 1.807) is 17.1 Å². The van der Waals surface area contributed by atoms with Gasteiger partial charge in [-0.2, -0.15) is 5.10 Å². The van der Waals surface area contributed by atoms with Gasteiger partial charge in [0, 0.05) is 43.6 Å². The van der Waals surface area contributed by atoms with Gasteiger partial charge in [-0.1, -0.05) is 18.2 Å². The van der Waals surface area contributed by atoms with Gasteiger partial charge in [0.15, 0.2) is 0 Å². The maximum atomic E-state index is 14.0. The molecule has 0 saturated carbocycles. The first-order chi connectivity index (χ1) is 13.1. The first-order valence-corrected chi connectivity index (χ1v) is 9.70. The summed E-state index contributed by atoms with van der Waals surface area (Å²) in [6.07, 6.45) is 6.87. The monoisotopic (exact) mass is 371 g/mol. The smallest absolute Gasteiger partial charge is 0.224 e. The summed E-state index contributed by atoms with van der Waals surface area (Å²) in [5, 5.41) is 4.05. The van der Waals surface area contributed by atoms with Crippen molar-refractivity contribution in [1.29, 1.82) is 0 Å². The maximum absolute atomic E-state index is 14.0. The Kier molecular flexibility index (Phi) is 5.20. The van der Waals surface area contributed by atoms with Crippen LogP contribution in [0.5, 0.6) is 0 Å². The van der Waals surface area contributed by atoms with Crippen LogP contribution in [-0.2, 0) is 17.9 Å². The van der Waals surface area contributed by atoms with Crippen LogP contribution in [0.3, 0.4) is 0 Å². The molecule has 1 spiro atoms. The van der Waals surface area contributed by atoms with Crippen molar-refractivity contribution >= 4 is 5.91 Å². The largest absolute Gasteiger partial charge is 0.342 e. The van der Waals surface area contributed by atoms with Gasteiger partial charge in [0.05, 0.1) is 6.54 Å². The molecule has 144 valence electrons. The fraction of sp³-hybridized carbons (Fsp3) is 0.550. The lowest BCUT2D eigenvalue weighted by molar-refractivity contribution is -0.131. The number of amides is 1. The van der Waals surface area contributed by atoms with E-state index in [1.165, 1.54) is 12.4 Å². The van der Waals surface area contributed by atoms with E-state index in [2.05, 4.69) is 15.0 Å². The summed E-state index contributed by atoms with van der Waals surface area (Å²) in [5.41, 5.74) is 0.917. The molecule has 1 atom stereocenters. The van der Waals surface area contributed by atoms with Crippen molar-refractivity contribution in [3.8, 4) is 0 Å². The summed E-state index contributed by atoms with van der Waals surface area (Å²) in [4.78, 5) is 20.9. The fourth-order valence-electron chi connectivity index (χ4n) is 4.51. The summed E-state index contributed by atoms with van der Waals surface area (Å²) in [6, 6.07) is 7.02. The SMILES string of the molecule is O=C(CCn1cncn1)N1CCC2(CCCN(Cc3ccccc3F)C2)C1. The van der Waals surface area contributed by atoms with Gasteiger partial charge < -0.3 is 4.90 Å². The van der Waals surface area contributed by atoms with Crippen molar-refractivity contribution in [2.45, 2.75) is 38.8 Å². The van der Waals surface area contributed by atoms with Crippen LogP contribution < -0.4 is 0 Å². The van der Waals surface area contributed by atoms with Crippen molar-refractivity contribution in [2.24, 2.45) is 5.41 Å². The number of nitrogens with zero attached hydrogens (tertiary/aromatic N) is 5. The van der Waals surface area contributed by atoms with Gasteiger partial charge in [-0.3, -0.25) is 14.4 Å². The lowest BCUT2D eigenvalue weighted by Gasteiger charge is -2.40. The van der Waals surface area contributed by atoms with Crippen LogP contribution in [0.1, 0.15) is 31.2 Å². The molecular formula is C20H26FN5O. The molecule has 2 aliphatic heterocycles. The molecule has 1 aromatic heterocycles. The molecule has 1 aromatic carbocycles. The first-order valence-electron chi connectivity index (χ1n) is 9.70. The molecular weight excluding hydrogens is 345 g/mol. The third-order valence-electron chi connectivity index (χ3n) is 5.90. The van der Waals surface area contributed by atoms with Crippen LogP contribution in [0.4, 0.5) is 4.39 Å². The molecule has 27 heavy (non-hydrogen) atoms. The molecule has 4 rings (SSSR count). The highest BCUT2D eigenvalue weighted by molar-refractivity contribution is 5.76. The van der Waals surface area contributed by atoms with Crippen molar-refractivity contribution < 1.29 is 9.18 Å². The minimum absolute atomic E-state index is 0.131. The molecule has 0 bridgehead atoms. The summed E-state index contributed by atoms with van der Waals surface area (Å²) in [6.45, 7) is 4.79. The fourth-order valence-corrected chi connectivity index (χ4v) is 4.51. The number of carbonyl (C=O) groups excluding carboxylic acids is 1. The minimum atomic E-state index is -0.131. The molecule has 0 aliphatic carbocycles. The molecule has 2 saturated heterocycles. The number of aromatic nitrogens is 3. The Balaban J connectivity index is 1.33. The van der Waals surface area contributed by atoms with E-state index in [1.807, 2.05) is 17.0 Å². The maximum Gasteiger partial charge on any atom is 0.224 e. The second-order valence-electron chi connectivity index (χ2n) is 7.88. The lowest BCUT2D eigenvalue weighted by atomic mass is 9.79. The molecule has 0 N–H and O–H groups in total.